The van der Waals surface area contributed by atoms with Gasteiger partial charge in [0.25, 0.3) is 5.91 Å². The minimum absolute atomic E-state index is 0.0182. The molecule has 1 aromatic heterocycles. The van der Waals surface area contributed by atoms with Crippen molar-refractivity contribution >= 4 is 29.3 Å². The van der Waals surface area contributed by atoms with E-state index in [-0.39, 0.29) is 22.3 Å². The van der Waals surface area contributed by atoms with Gasteiger partial charge in [0.2, 0.25) is 5.95 Å². The van der Waals surface area contributed by atoms with E-state index >= 15 is 0 Å². The number of hydrogen-bond acceptors (Lipinski definition) is 8. The average molecular weight is 572 g/mol. The van der Waals surface area contributed by atoms with Gasteiger partial charge in [0.1, 0.15) is 5.82 Å². The topological polar surface area (TPSA) is 123 Å². The van der Waals surface area contributed by atoms with Gasteiger partial charge in [-0.2, -0.15) is 10.2 Å². The molecule has 1 aromatic carbocycles. The molecule has 10 nitrogen and oxygen atoms in total. The van der Waals surface area contributed by atoms with E-state index < -0.39 is 0 Å². The van der Waals surface area contributed by atoms with Crippen LogP contribution in [0.15, 0.2) is 42.6 Å². The normalized spacial score (nSPS) is 18.1. The fourth-order valence-corrected chi connectivity index (χ4v) is 4.74. The van der Waals surface area contributed by atoms with Crippen molar-refractivity contribution in [3.63, 3.8) is 0 Å². The number of likely N-dealkylation sites (tertiary alicyclic amines) is 1. The number of benzene rings is 1. The van der Waals surface area contributed by atoms with Crippen LogP contribution in [0.4, 0.5) is 17.5 Å². The van der Waals surface area contributed by atoms with E-state index in [9.17, 15) is 9.59 Å². The first kappa shape index (κ1) is 32.3. The molecule has 2 unspecified atom stereocenters. The maximum Gasteiger partial charge on any atom is 0.338 e. The maximum atomic E-state index is 13.1. The lowest BCUT2D eigenvalue weighted by Gasteiger charge is -2.40. The highest BCUT2D eigenvalue weighted by atomic mass is 16.2. The van der Waals surface area contributed by atoms with Gasteiger partial charge >= 0.3 is 5.91 Å². The first-order valence-corrected chi connectivity index (χ1v) is 14.6. The molecule has 2 heterocycles. The van der Waals surface area contributed by atoms with E-state index in [1.54, 1.807) is 24.4 Å². The quantitative estimate of drug-likeness (QED) is 0.152. The number of piperidine rings is 1. The number of nitrogens with one attached hydrogen (secondary N) is 3. The Kier molecular flexibility index (Phi) is 12.5. The van der Waals surface area contributed by atoms with Crippen molar-refractivity contribution in [1.82, 2.24) is 20.2 Å². The zero-order valence-electron chi connectivity index (χ0n) is 25.2. The predicted molar refractivity (Wildman–Crippen MR) is 166 cm³/mol. The molecular weight excluding hydrogens is 528 g/mol. The van der Waals surface area contributed by atoms with E-state index in [0.29, 0.717) is 61.8 Å². The van der Waals surface area contributed by atoms with Crippen molar-refractivity contribution in [3.05, 3.63) is 53.7 Å². The number of carbonyl (C=O) groups excluding carboxylic acids is 2. The Morgan fingerprint density at radius 2 is 1.98 bits per heavy atom. The lowest BCUT2D eigenvalue weighted by atomic mass is 9.98. The molecule has 222 valence electrons. The zero-order chi connectivity index (χ0) is 30.4. The van der Waals surface area contributed by atoms with Gasteiger partial charge in [-0.05, 0) is 64.0 Å². The lowest BCUT2D eigenvalue weighted by Crippen LogP contribution is -2.63. The fraction of sp³-hybridized carbons (Fsp3) is 0.469. The van der Waals surface area contributed by atoms with Crippen molar-refractivity contribution in [2.45, 2.75) is 51.5 Å². The molecule has 0 saturated carbocycles. The fourth-order valence-electron chi connectivity index (χ4n) is 4.74. The highest BCUT2D eigenvalue weighted by Crippen LogP contribution is 2.25. The van der Waals surface area contributed by atoms with Gasteiger partial charge in [-0.25, -0.2) is 14.3 Å². The van der Waals surface area contributed by atoms with Crippen LogP contribution in [-0.2, 0) is 9.59 Å². The minimum Gasteiger partial charge on any atom is -0.369 e. The Balaban J connectivity index is 1.55. The SMILES string of the molecule is CCCNc1nc(Nc2ccc(C#N)cc2)ncc1C#CCCCNC(=O)C1CCCC[N+]1(C)C(=O)/C=C/CN(C)C. The van der Waals surface area contributed by atoms with Crippen LogP contribution >= 0.6 is 0 Å². The van der Waals surface area contributed by atoms with Gasteiger partial charge in [-0.3, -0.25) is 4.79 Å². The molecule has 1 saturated heterocycles. The van der Waals surface area contributed by atoms with E-state index in [1.165, 1.54) is 0 Å². The third-order valence-electron chi connectivity index (χ3n) is 7.18. The van der Waals surface area contributed by atoms with Gasteiger partial charge < -0.3 is 20.9 Å². The Labute approximate surface area is 249 Å². The highest BCUT2D eigenvalue weighted by molar-refractivity contribution is 5.87. The summed E-state index contributed by atoms with van der Waals surface area (Å²) in [4.78, 5) is 37.1. The van der Waals surface area contributed by atoms with Crippen molar-refractivity contribution < 1.29 is 14.1 Å². The average Bonchev–Trinajstić information content (AvgIpc) is 2.98. The standard InChI is InChI=1S/C32H42N8O2/c1-5-19-34-30-26(24-36-32(38-30)37-27-17-15-25(23-33)16-18-27)12-7-6-9-20-35-31(42)28-13-8-10-22-40(28,4)29(41)14-11-21-39(2)3/h11,14-18,24,28H,5-6,8-10,13,19-22H2,1-4H3,(H2-,34,35,36,37,38,42)/p+1/b14-11+. The summed E-state index contributed by atoms with van der Waals surface area (Å²) in [5.74, 6) is 7.35. The number of unbranched alkanes of at least 4 members (excludes halogenated alkanes) is 1. The number of amides is 2. The molecule has 42 heavy (non-hydrogen) atoms. The molecule has 2 amide bonds. The number of rotatable bonds is 12. The first-order valence-electron chi connectivity index (χ1n) is 14.6. The summed E-state index contributed by atoms with van der Waals surface area (Å²) in [6.45, 7) is 4.69. The summed E-state index contributed by atoms with van der Waals surface area (Å²) >= 11 is 0. The molecule has 3 rings (SSSR count). The number of aromatic nitrogens is 2. The van der Waals surface area contributed by atoms with Crippen LogP contribution < -0.4 is 16.0 Å². The Morgan fingerprint density at radius 3 is 2.69 bits per heavy atom. The number of nitrogens with zero attached hydrogens (tertiary/aromatic N) is 5. The highest BCUT2D eigenvalue weighted by Gasteiger charge is 2.45. The van der Waals surface area contributed by atoms with Crippen molar-refractivity contribution in [3.8, 4) is 17.9 Å². The van der Waals surface area contributed by atoms with Crippen LogP contribution in [0.2, 0.25) is 0 Å². The summed E-state index contributed by atoms with van der Waals surface area (Å²) in [6.07, 6.45) is 10.0. The van der Waals surface area contributed by atoms with Crippen LogP contribution in [0.25, 0.3) is 0 Å². The summed E-state index contributed by atoms with van der Waals surface area (Å²) in [6, 6.07) is 8.82. The molecule has 1 aliphatic rings. The Morgan fingerprint density at radius 1 is 1.19 bits per heavy atom. The van der Waals surface area contributed by atoms with Crippen LogP contribution in [0.1, 0.15) is 56.6 Å². The molecule has 2 atom stereocenters. The van der Waals surface area contributed by atoms with Gasteiger partial charge in [-0.1, -0.05) is 24.8 Å². The predicted octanol–water partition coefficient (Wildman–Crippen LogP) is 3.81. The summed E-state index contributed by atoms with van der Waals surface area (Å²) in [7, 11) is 5.79. The number of carbonyl (C=O) groups is 2. The van der Waals surface area contributed by atoms with Crippen molar-refractivity contribution in [2.75, 3.05) is 58.0 Å². The van der Waals surface area contributed by atoms with Crippen LogP contribution in [0, 0.1) is 23.2 Å². The molecule has 0 bridgehead atoms. The monoisotopic (exact) mass is 571 g/mol. The van der Waals surface area contributed by atoms with Gasteiger partial charge in [0, 0.05) is 44.2 Å². The van der Waals surface area contributed by atoms with Crippen LogP contribution in [-0.4, -0.2) is 84.5 Å². The van der Waals surface area contributed by atoms with Crippen LogP contribution in [0.3, 0.4) is 0 Å². The number of hydrogen-bond donors (Lipinski definition) is 3. The molecule has 2 aromatic rings. The Bertz CT molecular complexity index is 1340. The third kappa shape index (κ3) is 9.41. The second kappa shape index (κ2) is 16.3. The molecule has 0 aliphatic carbocycles. The smallest absolute Gasteiger partial charge is 0.338 e. The van der Waals surface area contributed by atoms with Crippen molar-refractivity contribution in [1.29, 1.82) is 5.26 Å². The largest absolute Gasteiger partial charge is 0.369 e. The molecule has 0 radical (unpaired) electrons. The third-order valence-corrected chi connectivity index (χ3v) is 7.18. The van der Waals surface area contributed by atoms with Gasteiger partial charge in [0.05, 0.1) is 37.0 Å². The molecule has 1 fully saturated rings. The molecule has 0 spiro atoms. The van der Waals surface area contributed by atoms with Crippen LogP contribution in [0.5, 0.6) is 0 Å². The van der Waals surface area contributed by atoms with Crippen molar-refractivity contribution in [2.24, 2.45) is 0 Å². The Hall–Kier alpha value is -4.25. The molecule has 1 aliphatic heterocycles. The zero-order valence-corrected chi connectivity index (χ0v) is 25.2. The van der Waals surface area contributed by atoms with E-state index in [4.69, 9.17) is 5.26 Å². The number of anilines is 3. The van der Waals surface area contributed by atoms with E-state index in [1.807, 2.05) is 44.3 Å². The maximum absolute atomic E-state index is 13.1. The number of nitriles is 1. The molecule has 3 N–H and O–H groups in total. The first-order chi connectivity index (χ1) is 20.3. The second-order valence-electron chi connectivity index (χ2n) is 10.9. The van der Waals surface area contributed by atoms with Gasteiger partial charge in [-0.15, -0.1) is 0 Å². The number of likely N-dealkylation sites (N-methyl/N-ethyl adjacent to an activating group) is 2. The molecule has 10 heteroatoms. The lowest BCUT2D eigenvalue weighted by molar-refractivity contribution is -0.854. The van der Waals surface area contributed by atoms with Gasteiger partial charge in [0.15, 0.2) is 6.04 Å². The number of quaternary nitrogens is 1. The molecular formula is C32H43N8O2+. The minimum atomic E-state index is -0.373. The van der Waals surface area contributed by atoms with E-state index in [2.05, 4.69) is 50.8 Å². The van der Waals surface area contributed by atoms with E-state index in [0.717, 1.165) is 31.5 Å². The summed E-state index contributed by atoms with van der Waals surface area (Å²) < 4.78 is 0.124. The second-order valence-corrected chi connectivity index (χ2v) is 10.9. The summed E-state index contributed by atoms with van der Waals surface area (Å²) in [5, 5.41) is 18.5. The summed E-state index contributed by atoms with van der Waals surface area (Å²) in [5.41, 5.74) is 2.07.